The molecule has 0 spiro atoms. The number of ether oxygens (including phenoxy) is 5. The van der Waals surface area contributed by atoms with Crippen molar-refractivity contribution in [2.24, 2.45) is 4.99 Å². The maximum Gasteiger partial charge on any atom is 0.303 e. The van der Waals surface area contributed by atoms with Gasteiger partial charge in [-0.05, 0) is 41.8 Å². The Labute approximate surface area is 259 Å². The van der Waals surface area contributed by atoms with Crippen LogP contribution in [0.5, 0.6) is 0 Å². The van der Waals surface area contributed by atoms with Gasteiger partial charge < -0.3 is 23.7 Å². The number of anilines is 1. The molecule has 15 heteroatoms. The van der Waals surface area contributed by atoms with E-state index in [1.54, 1.807) is 30.3 Å². The van der Waals surface area contributed by atoms with Crippen molar-refractivity contribution in [1.29, 1.82) is 0 Å². The number of benzene rings is 1. The first-order chi connectivity index (χ1) is 20.4. The third-order valence-electron chi connectivity index (χ3n) is 5.91. The summed E-state index contributed by atoms with van der Waals surface area (Å²) in [5.74, 6) is -3.32. The number of esters is 4. The molecular formula is C28H27ClN2O10S2. The van der Waals surface area contributed by atoms with Crippen LogP contribution in [0.2, 0.25) is 5.02 Å². The molecule has 5 atom stereocenters. The molecule has 1 saturated heterocycles. The van der Waals surface area contributed by atoms with Crippen LogP contribution in [-0.2, 0) is 47.7 Å². The Bertz CT molecular complexity index is 1440. The second kappa shape index (κ2) is 14.2. The van der Waals surface area contributed by atoms with E-state index in [1.807, 2.05) is 17.5 Å². The predicted molar refractivity (Wildman–Crippen MR) is 158 cm³/mol. The minimum absolute atomic E-state index is 0.130. The Morgan fingerprint density at radius 3 is 2.16 bits per heavy atom. The summed E-state index contributed by atoms with van der Waals surface area (Å²) in [6, 6.07) is 10.2. The first-order valence-corrected chi connectivity index (χ1v) is 15.0. The Morgan fingerprint density at radius 2 is 1.58 bits per heavy atom. The topological polar surface area (TPSA) is 147 Å². The van der Waals surface area contributed by atoms with Crippen LogP contribution in [0.25, 0.3) is 6.08 Å². The average Bonchev–Trinajstić information content (AvgIpc) is 3.54. The summed E-state index contributed by atoms with van der Waals surface area (Å²) < 4.78 is 27.8. The van der Waals surface area contributed by atoms with Gasteiger partial charge in [-0.25, -0.2) is 4.99 Å². The zero-order valence-corrected chi connectivity index (χ0v) is 25.8. The van der Waals surface area contributed by atoms with E-state index in [4.69, 9.17) is 35.3 Å². The zero-order chi connectivity index (χ0) is 31.3. The van der Waals surface area contributed by atoms with Gasteiger partial charge in [-0.3, -0.25) is 28.9 Å². The quantitative estimate of drug-likeness (QED) is 0.232. The molecule has 2 aliphatic rings. The lowest BCUT2D eigenvalue weighted by Gasteiger charge is -2.44. The molecule has 0 aliphatic carbocycles. The molecule has 0 N–H and O–H groups in total. The third kappa shape index (κ3) is 8.22. The number of rotatable bonds is 8. The van der Waals surface area contributed by atoms with Gasteiger partial charge in [0.15, 0.2) is 28.9 Å². The van der Waals surface area contributed by atoms with Gasteiger partial charge in [-0.2, -0.15) is 0 Å². The highest BCUT2D eigenvalue weighted by Gasteiger charge is 2.53. The lowest BCUT2D eigenvalue weighted by molar-refractivity contribution is -0.237. The molecule has 0 unspecified atom stereocenters. The molecule has 1 aromatic carbocycles. The van der Waals surface area contributed by atoms with Gasteiger partial charge in [-0.15, -0.1) is 11.3 Å². The van der Waals surface area contributed by atoms with E-state index >= 15 is 0 Å². The van der Waals surface area contributed by atoms with Gasteiger partial charge in [-0.1, -0.05) is 29.4 Å². The van der Waals surface area contributed by atoms with Gasteiger partial charge >= 0.3 is 23.9 Å². The molecule has 12 nitrogen and oxygen atoms in total. The van der Waals surface area contributed by atoms with Crippen LogP contribution in [-0.4, -0.2) is 71.4 Å². The lowest BCUT2D eigenvalue weighted by atomic mass is 9.99. The lowest BCUT2D eigenvalue weighted by Crippen LogP contribution is -2.61. The number of thiophene rings is 1. The molecule has 0 saturated carbocycles. The van der Waals surface area contributed by atoms with E-state index in [9.17, 15) is 24.0 Å². The number of hydrogen-bond donors (Lipinski definition) is 0. The van der Waals surface area contributed by atoms with Crippen LogP contribution in [0.1, 0.15) is 32.6 Å². The normalized spacial score (nSPS) is 24.3. The number of amides is 1. The van der Waals surface area contributed by atoms with Gasteiger partial charge in [0.05, 0.1) is 5.69 Å². The van der Waals surface area contributed by atoms with Crippen molar-refractivity contribution in [1.82, 2.24) is 0 Å². The molecule has 1 aromatic heterocycles. The van der Waals surface area contributed by atoms with Crippen molar-refractivity contribution in [3.8, 4) is 0 Å². The summed E-state index contributed by atoms with van der Waals surface area (Å²) in [7, 11) is 0. The van der Waals surface area contributed by atoms with Crippen LogP contribution in [0.15, 0.2) is 52.5 Å². The van der Waals surface area contributed by atoms with E-state index < -0.39 is 59.6 Å². The van der Waals surface area contributed by atoms with Gasteiger partial charge in [0, 0.05) is 37.6 Å². The second-order valence-corrected chi connectivity index (χ2v) is 11.7. The molecule has 2 aromatic rings. The van der Waals surface area contributed by atoms with Crippen LogP contribution in [0, 0.1) is 0 Å². The van der Waals surface area contributed by atoms with Crippen molar-refractivity contribution in [3.63, 3.8) is 0 Å². The largest absolute Gasteiger partial charge is 0.463 e. The maximum absolute atomic E-state index is 13.6. The fourth-order valence-corrected chi connectivity index (χ4v) is 6.26. The van der Waals surface area contributed by atoms with Crippen molar-refractivity contribution < 1.29 is 47.7 Å². The van der Waals surface area contributed by atoms with Crippen molar-refractivity contribution in [2.75, 3.05) is 11.5 Å². The molecule has 228 valence electrons. The molecule has 3 heterocycles. The smallest absolute Gasteiger partial charge is 0.303 e. The minimum Gasteiger partial charge on any atom is -0.463 e. The zero-order valence-electron chi connectivity index (χ0n) is 23.4. The fraction of sp³-hybridized carbons (Fsp3) is 0.357. The number of carbonyl (C=O) groups excluding carboxylic acids is 5. The van der Waals surface area contributed by atoms with Crippen molar-refractivity contribution >= 4 is 81.4 Å². The van der Waals surface area contributed by atoms with Gasteiger partial charge in [0.1, 0.15) is 18.4 Å². The standard InChI is InChI=1S/C28H27ClN2O10S2/c1-14(32)37-13-22-23(38-15(2)33)24(39-16(3)34)25(40-17(4)35)27(41-22)43-28-30-21(12-20-6-5-11-42-20)26(36)31(28)19-9-7-18(29)8-10-19/h5-12,22-25,27H,13H2,1-4H3/b21-12-/t22-,23-,24+,25+,27+/m1/s1. The molecule has 2 aliphatic heterocycles. The second-order valence-electron chi connectivity index (χ2n) is 9.24. The first-order valence-electron chi connectivity index (χ1n) is 12.8. The van der Waals surface area contributed by atoms with Gasteiger partial charge in [0.25, 0.3) is 5.91 Å². The maximum atomic E-state index is 13.6. The number of halogens is 1. The minimum atomic E-state index is -1.36. The van der Waals surface area contributed by atoms with Crippen LogP contribution < -0.4 is 4.90 Å². The van der Waals surface area contributed by atoms with E-state index in [2.05, 4.69) is 4.99 Å². The number of thioether (sulfide) groups is 1. The number of carbonyl (C=O) groups is 5. The summed E-state index contributed by atoms with van der Waals surface area (Å²) in [4.78, 5) is 68.4. The highest BCUT2D eigenvalue weighted by molar-refractivity contribution is 8.14. The Balaban J connectivity index is 1.78. The highest BCUT2D eigenvalue weighted by atomic mass is 35.5. The summed E-state index contributed by atoms with van der Waals surface area (Å²) in [5.41, 5.74) is -0.602. The van der Waals surface area contributed by atoms with Gasteiger partial charge in [0.2, 0.25) is 0 Å². The molecular weight excluding hydrogens is 624 g/mol. The fourth-order valence-electron chi connectivity index (χ4n) is 4.29. The summed E-state index contributed by atoms with van der Waals surface area (Å²) in [6.45, 7) is 4.23. The van der Waals surface area contributed by atoms with Crippen molar-refractivity contribution in [2.45, 2.75) is 57.5 Å². The van der Waals surface area contributed by atoms with Crippen LogP contribution >= 0.6 is 34.7 Å². The summed E-state index contributed by atoms with van der Waals surface area (Å²) >= 11 is 8.41. The molecule has 0 radical (unpaired) electrons. The van der Waals surface area contributed by atoms with E-state index in [-0.39, 0.29) is 17.5 Å². The number of amidine groups is 1. The van der Waals surface area contributed by atoms with Crippen molar-refractivity contribution in [3.05, 3.63) is 57.4 Å². The van der Waals surface area contributed by atoms with Crippen LogP contribution in [0.3, 0.4) is 0 Å². The Morgan fingerprint density at radius 1 is 0.953 bits per heavy atom. The molecule has 1 amide bonds. The molecule has 0 bridgehead atoms. The monoisotopic (exact) mass is 650 g/mol. The predicted octanol–water partition coefficient (Wildman–Crippen LogP) is 3.96. The highest BCUT2D eigenvalue weighted by Crippen LogP contribution is 2.39. The average molecular weight is 651 g/mol. The van der Waals surface area contributed by atoms with Crippen LogP contribution in [0.4, 0.5) is 5.69 Å². The van der Waals surface area contributed by atoms with E-state index in [0.717, 1.165) is 37.4 Å². The number of aliphatic imine (C=N–C) groups is 1. The SMILES string of the molecule is CC(=O)OC[C@H]1O[C@@H](SC2=N/C(=C\c3cccs3)C(=O)N2c2ccc(Cl)cc2)[C@@H](OC(C)=O)[C@@H](OC(C)=O)[C@@H]1OC(C)=O. The van der Waals surface area contributed by atoms with E-state index in [1.165, 1.54) is 23.2 Å². The Hall–Kier alpha value is -3.72. The molecule has 1 fully saturated rings. The molecule has 4 rings (SSSR count). The number of nitrogens with zero attached hydrogens (tertiary/aromatic N) is 2. The first kappa shape index (κ1) is 32.2. The molecule has 43 heavy (non-hydrogen) atoms. The summed E-state index contributed by atoms with van der Waals surface area (Å²) in [6.07, 6.45) is -3.52. The number of hydrogen-bond acceptors (Lipinski definition) is 13. The summed E-state index contributed by atoms with van der Waals surface area (Å²) in [5, 5.41) is 2.46. The van der Waals surface area contributed by atoms with E-state index in [0.29, 0.717) is 10.7 Å². The third-order valence-corrected chi connectivity index (χ3v) is 8.07. The Kier molecular flexibility index (Phi) is 10.6.